The molecule has 1 N–H and O–H groups in total. The molecule has 2 heterocycles. The molecule has 0 spiro atoms. The summed E-state index contributed by atoms with van der Waals surface area (Å²) in [6.45, 7) is 0.602. The molecule has 3 aromatic rings. The first kappa shape index (κ1) is 18.2. The van der Waals surface area contributed by atoms with Crippen LogP contribution >= 0.6 is 11.6 Å². The lowest BCUT2D eigenvalue weighted by Gasteiger charge is -2.13. The van der Waals surface area contributed by atoms with E-state index in [9.17, 15) is 4.79 Å². The van der Waals surface area contributed by atoms with Gasteiger partial charge in [-0.3, -0.25) is 4.68 Å². The van der Waals surface area contributed by atoms with Crippen molar-refractivity contribution in [3.8, 4) is 11.5 Å². The first-order chi connectivity index (χ1) is 13.6. The Labute approximate surface area is 166 Å². The molecule has 144 valence electrons. The van der Waals surface area contributed by atoms with Gasteiger partial charge < -0.3 is 19.5 Å². The van der Waals surface area contributed by atoms with Gasteiger partial charge in [0.15, 0.2) is 17.3 Å². The number of carbonyl (C=O) groups excluding carboxylic acids is 1. The molecule has 0 radical (unpaired) electrons. The van der Waals surface area contributed by atoms with Gasteiger partial charge in [0.25, 0.3) is 0 Å². The van der Waals surface area contributed by atoms with Crippen molar-refractivity contribution in [1.29, 1.82) is 0 Å². The number of nitrogens with zero attached hydrogens (tertiary/aromatic N) is 2. The number of carbonyl (C=O) groups is 1. The van der Waals surface area contributed by atoms with E-state index in [0.29, 0.717) is 40.0 Å². The molecule has 8 heteroatoms. The normalized spacial score (nSPS) is 15.1. The minimum absolute atomic E-state index is 0.361. The summed E-state index contributed by atoms with van der Waals surface area (Å²) in [5.74, 6) is 0.965. The van der Waals surface area contributed by atoms with Crippen LogP contribution in [0.5, 0.6) is 11.5 Å². The van der Waals surface area contributed by atoms with Crippen molar-refractivity contribution in [1.82, 2.24) is 9.78 Å². The number of hydrogen-bond acceptors (Lipinski definition) is 6. The van der Waals surface area contributed by atoms with Gasteiger partial charge in [0.1, 0.15) is 5.56 Å². The zero-order chi connectivity index (χ0) is 19.7. The molecule has 0 aliphatic carbocycles. The number of fused-ring (bicyclic) bond motifs is 1. The van der Waals surface area contributed by atoms with Crippen LogP contribution in [0.15, 0.2) is 48.7 Å². The standard InChI is InChI=1S/C20H18ClN3O4/c1-26-15-8-7-14-17(18(15)27-2)20(25)28-19(14)22-16-9-10-24(23-16)11-12-3-5-13(21)6-4-12/h3-10,19H,11H2,1-2H3,(H,22,23)/t19-/m0/s1. The van der Waals surface area contributed by atoms with Gasteiger partial charge in [-0.1, -0.05) is 23.7 Å². The number of halogens is 1. The summed E-state index contributed by atoms with van der Waals surface area (Å²) in [6, 6.07) is 12.9. The van der Waals surface area contributed by atoms with Gasteiger partial charge in [-0.05, 0) is 29.8 Å². The average molecular weight is 400 g/mol. The number of benzene rings is 2. The number of ether oxygens (including phenoxy) is 3. The van der Waals surface area contributed by atoms with E-state index >= 15 is 0 Å². The third-order valence-electron chi connectivity index (χ3n) is 4.47. The van der Waals surface area contributed by atoms with Crippen molar-refractivity contribution >= 4 is 23.4 Å². The van der Waals surface area contributed by atoms with Gasteiger partial charge in [0, 0.05) is 22.8 Å². The second-order valence-electron chi connectivity index (χ2n) is 6.22. The molecule has 0 saturated carbocycles. The fourth-order valence-corrected chi connectivity index (χ4v) is 3.27. The molecule has 1 aliphatic rings. The van der Waals surface area contributed by atoms with Crippen LogP contribution in [0.2, 0.25) is 5.02 Å². The molecule has 0 amide bonds. The Morgan fingerprint density at radius 3 is 2.64 bits per heavy atom. The molecule has 0 saturated heterocycles. The topological polar surface area (TPSA) is 74.6 Å². The molecule has 1 atom stereocenters. The van der Waals surface area contributed by atoms with Crippen LogP contribution < -0.4 is 14.8 Å². The van der Waals surface area contributed by atoms with Crippen molar-refractivity contribution in [2.75, 3.05) is 19.5 Å². The Hall–Kier alpha value is -3.19. The van der Waals surface area contributed by atoms with Crippen LogP contribution in [0.3, 0.4) is 0 Å². The summed E-state index contributed by atoms with van der Waals surface area (Å²) in [4.78, 5) is 12.4. The van der Waals surface area contributed by atoms with Crippen LogP contribution in [0.4, 0.5) is 5.82 Å². The third kappa shape index (κ3) is 3.36. The van der Waals surface area contributed by atoms with E-state index in [0.717, 1.165) is 5.56 Å². The molecule has 1 aliphatic heterocycles. The van der Waals surface area contributed by atoms with Gasteiger partial charge in [-0.2, -0.15) is 5.10 Å². The lowest BCUT2D eigenvalue weighted by atomic mass is 10.1. The Kier molecular flexibility index (Phi) is 4.83. The molecular weight excluding hydrogens is 382 g/mol. The van der Waals surface area contributed by atoms with Crippen LogP contribution in [-0.2, 0) is 11.3 Å². The van der Waals surface area contributed by atoms with Crippen LogP contribution in [0.1, 0.15) is 27.7 Å². The highest BCUT2D eigenvalue weighted by Gasteiger charge is 2.36. The Morgan fingerprint density at radius 1 is 1.14 bits per heavy atom. The highest BCUT2D eigenvalue weighted by Crippen LogP contribution is 2.41. The Morgan fingerprint density at radius 2 is 1.93 bits per heavy atom. The van der Waals surface area contributed by atoms with Crippen LogP contribution in [0, 0.1) is 0 Å². The number of nitrogens with one attached hydrogen (secondary N) is 1. The third-order valence-corrected chi connectivity index (χ3v) is 4.72. The maximum Gasteiger partial charge on any atom is 0.344 e. The molecule has 0 fully saturated rings. The lowest BCUT2D eigenvalue weighted by Crippen LogP contribution is -2.11. The van der Waals surface area contributed by atoms with Gasteiger partial charge in [0.05, 0.1) is 20.8 Å². The molecule has 0 bridgehead atoms. The van der Waals surface area contributed by atoms with Gasteiger partial charge >= 0.3 is 5.97 Å². The predicted molar refractivity (Wildman–Crippen MR) is 104 cm³/mol. The van der Waals surface area contributed by atoms with Crippen molar-refractivity contribution < 1.29 is 19.0 Å². The monoisotopic (exact) mass is 399 g/mol. The van der Waals surface area contributed by atoms with E-state index in [1.54, 1.807) is 16.8 Å². The van der Waals surface area contributed by atoms with E-state index in [-0.39, 0.29) is 0 Å². The zero-order valence-corrected chi connectivity index (χ0v) is 16.1. The number of cyclic esters (lactones) is 1. The number of aromatic nitrogens is 2. The average Bonchev–Trinajstić information content (AvgIpc) is 3.27. The minimum Gasteiger partial charge on any atom is -0.493 e. The van der Waals surface area contributed by atoms with Gasteiger partial charge in [-0.25, -0.2) is 4.79 Å². The SMILES string of the molecule is COc1ccc2c(c1OC)C(=O)O[C@@H]2Nc1ccn(Cc2ccc(Cl)cc2)n1. The van der Waals surface area contributed by atoms with E-state index in [1.807, 2.05) is 36.5 Å². The van der Waals surface area contributed by atoms with Crippen molar-refractivity contribution in [2.45, 2.75) is 12.8 Å². The maximum absolute atomic E-state index is 12.4. The number of rotatable bonds is 6. The predicted octanol–water partition coefficient (Wildman–Crippen LogP) is 3.88. The first-order valence-corrected chi connectivity index (χ1v) is 8.97. The van der Waals surface area contributed by atoms with Crippen molar-refractivity contribution in [3.05, 3.63) is 70.4 Å². The Balaban J connectivity index is 1.53. The summed E-state index contributed by atoms with van der Waals surface area (Å²) in [7, 11) is 3.01. The summed E-state index contributed by atoms with van der Waals surface area (Å²) in [6.07, 6.45) is 1.20. The molecule has 1 aromatic heterocycles. The van der Waals surface area contributed by atoms with Crippen LogP contribution in [0.25, 0.3) is 0 Å². The van der Waals surface area contributed by atoms with E-state index in [4.69, 9.17) is 25.8 Å². The number of methoxy groups -OCH3 is 2. The quantitative estimate of drug-likeness (QED) is 0.634. The maximum atomic E-state index is 12.4. The number of anilines is 1. The van der Waals surface area contributed by atoms with Crippen LogP contribution in [-0.4, -0.2) is 30.0 Å². The minimum atomic E-state index is -0.652. The number of esters is 1. The van der Waals surface area contributed by atoms with Gasteiger partial charge in [0.2, 0.25) is 6.23 Å². The smallest absolute Gasteiger partial charge is 0.344 e. The molecule has 2 aromatic carbocycles. The Bertz CT molecular complexity index is 1020. The first-order valence-electron chi connectivity index (χ1n) is 8.59. The summed E-state index contributed by atoms with van der Waals surface area (Å²) in [5, 5.41) is 8.32. The van der Waals surface area contributed by atoms with Crippen molar-refractivity contribution in [3.63, 3.8) is 0 Å². The largest absolute Gasteiger partial charge is 0.493 e. The summed E-state index contributed by atoms with van der Waals surface area (Å²) >= 11 is 5.92. The second-order valence-corrected chi connectivity index (χ2v) is 6.66. The number of hydrogen-bond donors (Lipinski definition) is 1. The molecular formula is C20H18ClN3O4. The van der Waals surface area contributed by atoms with E-state index < -0.39 is 12.2 Å². The molecule has 28 heavy (non-hydrogen) atoms. The molecule has 0 unspecified atom stereocenters. The second kappa shape index (κ2) is 7.44. The van der Waals surface area contributed by atoms with Crippen molar-refractivity contribution in [2.24, 2.45) is 0 Å². The lowest BCUT2D eigenvalue weighted by molar-refractivity contribution is 0.0434. The summed E-state index contributed by atoms with van der Waals surface area (Å²) < 4.78 is 17.9. The fraction of sp³-hybridized carbons (Fsp3) is 0.200. The van der Waals surface area contributed by atoms with Gasteiger partial charge in [-0.15, -0.1) is 0 Å². The molecule has 4 rings (SSSR count). The highest BCUT2D eigenvalue weighted by atomic mass is 35.5. The van der Waals surface area contributed by atoms with E-state index in [2.05, 4.69) is 10.4 Å². The van der Waals surface area contributed by atoms with E-state index in [1.165, 1.54) is 14.2 Å². The highest BCUT2D eigenvalue weighted by molar-refractivity contribution is 6.30. The fourth-order valence-electron chi connectivity index (χ4n) is 3.15. The zero-order valence-electron chi connectivity index (χ0n) is 15.3. The molecule has 7 nitrogen and oxygen atoms in total. The summed E-state index contributed by atoms with van der Waals surface area (Å²) in [5.41, 5.74) is 2.11.